The monoisotopic (exact) mass is 260 g/mol. The van der Waals surface area contributed by atoms with Crippen LogP contribution in [0.3, 0.4) is 0 Å². The van der Waals surface area contributed by atoms with Crippen molar-refractivity contribution in [2.24, 2.45) is 0 Å². The Kier molecular flexibility index (Phi) is 10.7. The molecule has 0 rings (SSSR count). The number of hydrogen-bond donors (Lipinski definition) is 1. The van der Waals surface area contributed by atoms with Crippen molar-refractivity contribution in [1.29, 1.82) is 0 Å². The molecule has 0 aliphatic carbocycles. The van der Waals surface area contributed by atoms with E-state index in [1.807, 2.05) is 0 Å². The maximum atomic E-state index is 10.3. The molecular weight excluding hydrogens is 247 g/mol. The molecule has 82 valence electrons. The fraction of sp³-hybridized carbons (Fsp3) is 0.625. The molecule has 0 radical (unpaired) electrons. The molecule has 0 heterocycles. The van der Waals surface area contributed by atoms with Crippen LogP contribution in [0.1, 0.15) is 25.7 Å². The topological polar surface area (TPSA) is 94.5 Å². The molecular formula is C8H13KO5S. The summed E-state index contributed by atoms with van der Waals surface area (Å²) in [6.07, 6.45) is 1.67. The molecule has 7 heteroatoms. The summed E-state index contributed by atoms with van der Waals surface area (Å²) in [6.45, 7) is 3.27. The first-order valence-electron chi connectivity index (χ1n) is 4.17. The van der Waals surface area contributed by atoms with E-state index in [1.54, 1.807) is 0 Å². The van der Waals surface area contributed by atoms with Gasteiger partial charge < -0.3 is 9.90 Å². The Morgan fingerprint density at radius 1 is 1.27 bits per heavy atom. The van der Waals surface area contributed by atoms with E-state index >= 15 is 0 Å². The van der Waals surface area contributed by atoms with Gasteiger partial charge in [0.15, 0.2) is 0 Å². The Bertz CT molecular complexity index is 309. The van der Waals surface area contributed by atoms with Crippen molar-refractivity contribution in [3.8, 4) is 0 Å². The Morgan fingerprint density at radius 3 is 2.20 bits per heavy atom. The molecule has 0 bridgehead atoms. The van der Waals surface area contributed by atoms with E-state index in [0.717, 1.165) is 0 Å². The molecule has 0 unspecified atom stereocenters. The van der Waals surface area contributed by atoms with Crippen LogP contribution in [0, 0.1) is 0 Å². The molecule has 0 atom stereocenters. The van der Waals surface area contributed by atoms with Crippen LogP contribution in [-0.2, 0) is 14.9 Å². The fourth-order valence-electron chi connectivity index (χ4n) is 0.902. The molecule has 0 spiro atoms. The maximum absolute atomic E-state index is 10.3. The predicted molar refractivity (Wildman–Crippen MR) is 49.0 cm³/mol. The third kappa shape index (κ3) is 12.7. The zero-order chi connectivity index (χ0) is 11.2. The van der Waals surface area contributed by atoms with E-state index in [1.165, 1.54) is 0 Å². The number of rotatable bonds is 7. The minimum absolute atomic E-state index is 0. The van der Waals surface area contributed by atoms with Crippen molar-refractivity contribution in [2.45, 2.75) is 25.7 Å². The molecule has 0 aromatic rings. The summed E-state index contributed by atoms with van der Waals surface area (Å²) in [5, 5.41) is 10.2. The molecule has 5 nitrogen and oxygen atoms in total. The van der Waals surface area contributed by atoms with Gasteiger partial charge in [-0.15, -0.1) is 0 Å². The number of carboxylic acids is 1. The summed E-state index contributed by atoms with van der Waals surface area (Å²) in [4.78, 5) is 10.2. The van der Waals surface area contributed by atoms with Gasteiger partial charge in [0.25, 0.3) is 10.1 Å². The summed E-state index contributed by atoms with van der Waals surface area (Å²) in [6, 6.07) is 0. The quantitative estimate of drug-likeness (QED) is 0.224. The summed E-state index contributed by atoms with van der Waals surface area (Å²) >= 11 is 0. The van der Waals surface area contributed by atoms with Crippen molar-refractivity contribution in [3.05, 3.63) is 12.2 Å². The van der Waals surface area contributed by atoms with Gasteiger partial charge in [-0.1, -0.05) is 13.0 Å². The second-order valence-electron chi connectivity index (χ2n) is 2.99. The van der Waals surface area contributed by atoms with E-state index in [2.05, 4.69) is 6.58 Å². The number of carboxylic acid groups (broad SMARTS) is 1. The molecule has 0 aromatic carbocycles. The van der Waals surface area contributed by atoms with Crippen LogP contribution in [0.15, 0.2) is 12.2 Å². The van der Waals surface area contributed by atoms with Crippen molar-refractivity contribution in [3.63, 3.8) is 0 Å². The molecule has 0 saturated heterocycles. The van der Waals surface area contributed by atoms with Crippen LogP contribution < -0.4 is 56.5 Å². The Morgan fingerprint density at radius 2 is 1.80 bits per heavy atom. The molecule has 0 fully saturated rings. The first-order valence-corrected chi connectivity index (χ1v) is 5.78. The van der Waals surface area contributed by atoms with E-state index in [9.17, 15) is 18.3 Å². The molecule has 0 aliphatic heterocycles. The van der Waals surface area contributed by atoms with Gasteiger partial charge in [-0.05, 0) is 24.8 Å². The predicted octanol–water partition coefficient (Wildman–Crippen LogP) is -3.26. The summed E-state index contributed by atoms with van der Waals surface area (Å²) in [5.74, 6) is -1.56. The van der Waals surface area contributed by atoms with Crippen LogP contribution in [-0.4, -0.2) is 24.7 Å². The van der Waals surface area contributed by atoms with Crippen LogP contribution in [0.4, 0.5) is 0 Å². The van der Waals surface area contributed by atoms with Crippen LogP contribution in [0.2, 0.25) is 0 Å². The van der Waals surface area contributed by atoms with E-state index < -0.39 is 16.1 Å². The van der Waals surface area contributed by atoms with Gasteiger partial charge in [0, 0.05) is 0 Å². The zero-order valence-corrected chi connectivity index (χ0v) is 12.7. The first-order chi connectivity index (χ1) is 6.33. The molecule has 0 amide bonds. The van der Waals surface area contributed by atoms with Crippen LogP contribution >= 0.6 is 0 Å². The number of aliphatic carboxylic acids is 1. The normalized spacial score (nSPS) is 10.5. The molecule has 1 N–H and O–H groups in total. The zero-order valence-electron chi connectivity index (χ0n) is 8.73. The van der Waals surface area contributed by atoms with Gasteiger partial charge in [-0.3, -0.25) is 4.55 Å². The van der Waals surface area contributed by atoms with Gasteiger partial charge >= 0.3 is 51.4 Å². The number of hydrogen-bond acceptors (Lipinski definition) is 4. The summed E-state index contributed by atoms with van der Waals surface area (Å²) in [7, 11) is -3.89. The van der Waals surface area contributed by atoms with E-state index in [-0.39, 0.29) is 69.1 Å². The minimum Gasteiger partial charge on any atom is -0.545 e. The van der Waals surface area contributed by atoms with E-state index in [0.29, 0.717) is 19.3 Å². The SMILES string of the molecule is C=C(CCCCCS(=O)(=O)O)C(=O)[O-].[K+]. The van der Waals surface area contributed by atoms with Gasteiger partial charge in [-0.2, -0.15) is 8.42 Å². The van der Waals surface area contributed by atoms with Crippen molar-refractivity contribution in [2.75, 3.05) is 5.75 Å². The largest absolute Gasteiger partial charge is 1.00 e. The minimum atomic E-state index is -3.89. The molecule has 0 aromatic heterocycles. The summed E-state index contributed by atoms with van der Waals surface area (Å²) in [5.41, 5.74) is 0.0110. The number of carbonyl (C=O) groups excluding carboxylic acids is 1. The maximum Gasteiger partial charge on any atom is 1.00 e. The van der Waals surface area contributed by atoms with Crippen molar-refractivity contribution in [1.82, 2.24) is 0 Å². The second-order valence-corrected chi connectivity index (χ2v) is 4.56. The average molecular weight is 260 g/mol. The first kappa shape index (κ1) is 18.1. The van der Waals surface area contributed by atoms with Gasteiger partial charge in [0.05, 0.1) is 11.7 Å². The smallest absolute Gasteiger partial charge is 0.545 e. The average Bonchev–Trinajstić information content (AvgIpc) is 2.01. The van der Waals surface area contributed by atoms with Crippen molar-refractivity contribution < 1.29 is 74.3 Å². The third-order valence-corrected chi connectivity index (χ3v) is 2.47. The number of unbranched alkanes of at least 4 members (excludes halogenated alkanes) is 2. The van der Waals surface area contributed by atoms with E-state index in [4.69, 9.17) is 4.55 Å². The van der Waals surface area contributed by atoms with Gasteiger partial charge in [0.2, 0.25) is 0 Å². The Hall–Kier alpha value is 0.756. The molecule has 0 saturated carbocycles. The Labute approximate surface area is 132 Å². The van der Waals surface area contributed by atoms with Crippen LogP contribution in [0.25, 0.3) is 0 Å². The van der Waals surface area contributed by atoms with Crippen LogP contribution in [0.5, 0.6) is 0 Å². The second kappa shape index (κ2) is 8.86. The Balaban J connectivity index is 0. The van der Waals surface area contributed by atoms with Gasteiger partial charge in [0.1, 0.15) is 0 Å². The van der Waals surface area contributed by atoms with Gasteiger partial charge in [-0.25, -0.2) is 0 Å². The third-order valence-electron chi connectivity index (χ3n) is 1.67. The standard InChI is InChI=1S/C8H14O5S.K/c1-7(8(9)10)5-3-2-4-6-14(11,12)13;/h1-6H2,(H,9,10)(H,11,12,13);/q;+1/p-1. The number of carbonyl (C=O) groups is 1. The fourth-order valence-corrected chi connectivity index (χ4v) is 1.47. The molecule has 15 heavy (non-hydrogen) atoms. The summed E-state index contributed by atoms with van der Waals surface area (Å²) < 4.78 is 28.9. The van der Waals surface area contributed by atoms with Crippen molar-refractivity contribution >= 4 is 16.1 Å². The molecule has 0 aliphatic rings.